The molecule has 0 atom stereocenters. The number of piperazine rings is 1. The second-order valence-corrected chi connectivity index (χ2v) is 4.36. The molecule has 1 aliphatic rings. The van der Waals surface area contributed by atoms with Gasteiger partial charge in [0, 0.05) is 49.6 Å². The molecule has 1 aliphatic heterocycles. The summed E-state index contributed by atoms with van der Waals surface area (Å²) in [6.45, 7) is 4.46. The third kappa shape index (κ3) is 1.55. The van der Waals surface area contributed by atoms with Gasteiger partial charge in [-0.1, -0.05) is 0 Å². The van der Waals surface area contributed by atoms with Crippen molar-refractivity contribution in [1.29, 1.82) is 0 Å². The fraction of sp³-hybridized carbons (Fsp3) is 0.417. The number of nitrogens with zero attached hydrogens (tertiary/aromatic N) is 3. The van der Waals surface area contributed by atoms with Gasteiger partial charge in [0.1, 0.15) is 5.65 Å². The van der Waals surface area contributed by atoms with Crippen LogP contribution in [0, 0.1) is 0 Å². The lowest BCUT2D eigenvalue weighted by atomic mass is 10.2. The summed E-state index contributed by atoms with van der Waals surface area (Å²) in [5.41, 5.74) is 2.29. The Morgan fingerprint density at radius 2 is 2.00 bits per heavy atom. The number of pyridine rings is 1. The van der Waals surface area contributed by atoms with Gasteiger partial charge >= 0.3 is 0 Å². The van der Waals surface area contributed by atoms with Crippen LogP contribution < -0.4 is 4.90 Å². The maximum Gasteiger partial charge on any atom is 0.139 e. The zero-order chi connectivity index (χ0) is 11.0. The highest BCUT2D eigenvalue weighted by Crippen LogP contribution is 2.25. The number of fused-ring (bicyclic) bond motifs is 1. The molecule has 1 saturated heterocycles. The number of anilines is 1. The Morgan fingerprint density at radius 1 is 1.19 bits per heavy atom. The molecule has 1 fully saturated rings. The van der Waals surface area contributed by atoms with Gasteiger partial charge in [-0.05, 0) is 19.2 Å². The predicted molar refractivity (Wildman–Crippen MR) is 65.8 cm³/mol. The minimum atomic E-state index is 0.983. The average molecular weight is 216 g/mol. The minimum absolute atomic E-state index is 0.983. The number of hydrogen-bond donors (Lipinski definition) is 1. The summed E-state index contributed by atoms with van der Waals surface area (Å²) in [5, 5.41) is 1.23. The Kier molecular flexibility index (Phi) is 2.29. The largest absolute Gasteiger partial charge is 0.368 e. The molecule has 84 valence electrons. The molecule has 4 nitrogen and oxygen atoms in total. The molecular formula is C12H16N4. The number of hydrogen-bond acceptors (Lipinski definition) is 3. The molecule has 0 saturated carbocycles. The third-order valence-corrected chi connectivity index (χ3v) is 3.28. The lowest BCUT2D eigenvalue weighted by Crippen LogP contribution is -2.44. The summed E-state index contributed by atoms with van der Waals surface area (Å²) >= 11 is 0. The molecule has 2 aromatic rings. The van der Waals surface area contributed by atoms with Crippen molar-refractivity contribution in [2.24, 2.45) is 0 Å². The van der Waals surface area contributed by atoms with Crippen molar-refractivity contribution < 1.29 is 0 Å². The number of nitrogens with one attached hydrogen (secondary N) is 1. The first-order valence-electron chi connectivity index (χ1n) is 5.70. The number of rotatable bonds is 1. The van der Waals surface area contributed by atoms with Crippen LogP contribution in [0.25, 0.3) is 11.0 Å². The second kappa shape index (κ2) is 3.79. The Morgan fingerprint density at radius 3 is 2.81 bits per heavy atom. The zero-order valence-electron chi connectivity index (χ0n) is 9.48. The zero-order valence-corrected chi connectivity index (χ0v) is 9.48. The van der Waals surface area contributed by atoms with Gasteiger partial charge in [-0.15, -0.1) is 0 Å². The fourth-order valence-corrected chi connectivity index (χ4v) is 2.27. The van der Waals surface area contributed by atoms with Crippen LogP contribution in [0.15, 0.2) is 24.5 Å². The first kappa shape index (κ1) is 9.66. The Labute approximate surface area is 94.9 Å². The van der Waals surface area contributed by atoms with Gasteiger partial charge in [0.15, 0.2) is 0 Å². The number of likely N-dealkylation sites (N-methyl/N-ethyl adjacent to an activating group) is 1. The number of H-pyrrole nitrogens is 1. The SMILES string of the molecule is CN1CCN(c2ccnc3[nH]ccc23)CC1. The fourth-order valence-electron chi connectivity index (χ4n) is 2.27. The van der Waals surface area contributed by atoms with Crippen LogP contribution in [0.4, 0.5) is 5.69 Å². The maximum atomic E-state index is 4.32. The van der Waals surface area contributed by atoms with Gasteiger partial charge in [0.25, 0.3) is 0 Å². The van der Waals surface area contributed by atoms with Gasteiger partial charge in [-0.3, -0.25) is 0 Å². The first-order chi connectivity index (χ1) is 7.84. The Hall–Kier alpha value is -1.55. The molecule has 0 radical (unpaired) electrons. The van der Waals surface area contributed by atoms with Crippen molar-refractivity contribution in [3.8, 4) is 0 Å². The highest BCUT2D eigenvalue weighted by molar-refractivity contribution is 5.89. The molecule has 0 aromatic carbocycles. The number of aromatic amines is 1. The van der Waals surface area contributed by atoms with Gasteiger partial charge in [0.2, 0.25) is 0 Å². The molecule has 0 bridgehead atoms. The van der Waals surface area contributed by atoms with Crippen molar-refractivity contribution in [3.63, 3.8) is 0 Å². The highest BCUT2D eigenvalue weighted by Gasteiger charge is 2.16. The van der Waals surface area contributed by atoms with Crippen LogP contribution in [-0.2, 0) is 0 Å². The van der Waals surface area contributed by atoms with Gasteiger partial charge < -0.3 is 14.8 Å². The molecule has 16 heavy (non-hydrogen) atoms. The normalized spacial score (nSPS) is 18.2. The van der Waals surface area contributed by atoms with E-state index in [1.807, 2.05) is 12.4 Å². The summed E-state index contributed by atoms with van der Waals surface area (Å²) < 4.78 is 0. The van der Waals surface area contributed by atoms with E-state index in [1.165, 1.54) is 11.1 Å². The summed E-state index contributed by atoms with van der Waals surface area (Å²) in [4.78, 5) is 12.3. The first-order valence-corrected chi connectivity index (χ1v) is 5.70. The van der Waals surface area contributed by atoms with E-state index >= 15 is 0 Å². The van der Waals surface area contributed by atoms with E-state index in [2.05, 4.69) is 38.9 Å². The molecule has 0 unspecified atom stereocenters. The van der Waals surface area contributed by atoms with Crippen molar-refractivity contribution in [3.05, 3.63) is 24.5 Å². The molecule has 4 heteroatoms. The Bertz CT molecular complexity index is 482. The van der Waals surface area contributed by atoms with Crippen LogP contribution in [0.5, 0.6) is 0 Å². The monoisotopic (exact) mass is 216 g/mol. The van der Waals surface area contributed by atoms with Crippen molar-refractivity contribution in [2.75, 3.05) is 38.1 Å². The summed E-state index contributed by atoms with van der Waals surface area (Å²) in [6.07, 6.45) is 3.84. The van der Waals surface area contributed by atoms with Crippen molar-refractivity contribution in [2.45, 2.75) is 0 Å². The smallest absolute Gasteiger partial charge is 0.139 e. The molecule has 2 aromatic heterocycles. The molecule has 0 amide bonds. The van der Waals surface area contributed by atoms with E-state index in [1.54, 1.807) is 0 Å². The van der Waals surface area contributed by atoms with Gasteiger partial charge in [-0.2, -0.15) is 0 Å². The lowest BCUT2D eigenvalue weighted by Gasteiger charge is -2.34. The van der Waals surface area contributed by atoms with Crippen molar-refractivity contribution in [1.82, 2.24) is 14.9 Å². The lowest BCUT2D eigenvalue weighted by molar-refractivity contribution is 0.313. The van der Waals surface area contributed by atoms with E-state index in [-0.39, 0.29) is 0 Å². The van der Waals surface area contributed by atoms with Crippen molar-refractivity contribution >= 4 is 16.7 Å². The van der Waals surface area contributed by atoms with Gasteiger partial charge in [-0.25, -0.2) is 4.98 Å². The number of aromatic nitrogens is 2. The maximum absolute atomic E-state index is 4.32. The van der Waals surface area contributed by atoms with E-state index in [9.17, 15) is 0 Å². The summed E-state index contributed by atoms with van der Waals surface area (Å²) in [5.74, 6) is 0. The predicted octanol–water partition coefficient (Wildman–Crippen LogP) is 1.31. The van der Waals surface area contributed by atoms with E-state index in [4.69, 9.17) is 0 Å². The minimum Gasteiger partial charge on any atom is -0.368 e. The second-order valence-electron chi connectivity index (χ2n) is 4.36. The van der Waals surface area contributed by atoms with Crippen LogP contribution in [0.2, 0.25) is 0 Å². The molecular weight excluding hydrogens is 200 g/mol. The van der Waals surface area contributed by atoms with Gasteiger partial charge in [0.05, 0.1) is 0 Å². The van der Waals surface area contributed by atoms with E-state index < -0.39 is 0 Å². The molecule has 0 aliphatic carbocycles. The standard InChI is InChI=1S/C12H16N4/c1-15-6-8-16(9-7-15)11-3-5-14-12-10(11)2-4-13-12/h2-5H,6-9H2,1H3,(H,13,14). The van der Waals surface area contributed by atoms with E-state index in [0.29, 0.717) is 0 Å². The Balaban J connectivity index is 1.96. The average Bonchev–Trinajstić information content (AvgIpc) is 2.78. The molecule has 3 rings (SSSR count). The quantitative estimate of drug-likeness (QED) is 0.780. The van der Waals surface area contributed by atoms with Crippen LogP contribution in [-0.4, -0.2) is 48.1 Å². The third-order valence-electron chi connectivity index (χ3n) is 3.28. The molecule has 0 spiro atoms. The topological polar surface area (TPSA) is 35.2 Å². The van der Waals surface area contributed by atoms with E-state index in [0.717, 1.165) is 31.8 Å². The summed E-state index contributed by atoms with van der Waals surface area (Å²) in [7, 11) is 2.18. The molecule has 1 N–H and O–H groups in total. The van der Waals surface area contributed by atoms with Crippen LogP contribution in [0.3, 0.4) is 0 Å². The van der Waals surface area contributed by atoms with Crippen LogP contribution in [0.1, 0.15) is 0 Å². The highest BCUT2D eigenvalue weighted by atomic mass is 15.2. The molecule has 3 heterocycles. The summed E-state index contributed by atoms with van der Waals surface area (Å²) in [6, 6.07) is 4.22. The van der Waals surface area contributed by atoms with Crippen LogP contribution >= 0.6 is 0 Å².